The largest absolute Gasteiger partial charge is 2.00 e. The number of hydrogen-bond donors (Lipinski definition) is 5. The fraction of sp³-hybridized carbons (Fsp3) is 0.180. The summed E-state index contributed by atoms with van der Waals surface area (Å²) in [7, 11) is -2.60. The van der Waals surface area contributed by atoms with Gasteiger partial charge in [-0.2, -0.15) is 37.3 Å². The zero-order valence-electron chi connectivity index (χ0n) is 41.9. The molecule has 0 amide bonds. The molecule has 28 heteroatoms. The van der Waals surface area contributed by atoms with E-state index in [1.165, 1.54) is 13.2 Å². The fourth-order valence-electron chi connectivity index (χ4n) is 7.76. The second kappa shape index (κ2) is 24.9. The monoisotopic (exact) mass is 1160 g/mol. The molecule has 8 bridgehead atoms. The first-order valence-corrected chi connectivity index (χ1v) is 27.0. The average molecular weight is 1160 g/mol. The van der Waals surface area contributed by atoms with Crippen molar-refractivity contribution in [3.63, 3.8) is 0 Å². The van der Waals surface area contributed by atoms with Gasteiger partial charge >= 0.3 is 17.1 Å². The number of ether oxygens (including phenoxy) is 1. The molecule has 0 saturated carbocycles. The molecule has 0 atom stereocenters. The zero-order valence-corrected chi connectivity index (χ0v) is 45.3. The van der Waals surface area contributed by atoms with E-state index in [4.69, 9.17) is 54.0 Å². The van der Waals surface area contributed by atoms with Gasteiger partial charge < -0.3 is 50.0 Å². The molecule has 0 saturated heterocycles. The molecule has 5 N–H and O–H groups in total. The van der Waals surface area contributed by atoms with Crippen LogP contribution in [0.5, 0.6) is 0 Å². The van der Waals surface area contributed by atoms with Gasteiger partial charge in [0.2, 0.25) is 17.1 Å². The summed E-state index contributed by atoms with van der Waals surface area (Å²) in [4.78, 5) is 53.3. The number of anilines is 3. The van der Waals surface area contributed by atoms with Gasteiger partial charge in [0.05, 0.1) is 60.7 Å². The van der Waals surface area contributed by atoms with Gasteiger partial charge in [-0.25, -0.2) is 14.3 Å². The van der Waals surface area contributed by atoms with Gasteiger partial charge in [0, 0.05) is 78.3 Å². The number of benzene rings is 5. The third-order valence-electron chi connectivity index (χ3n) is 11.1. The van der Waals surface area contributed by atoms with Gasteiger partial charge in [0.25, 0.3) is 20.2 Å². The van der Waals surface area contributed by atoms with Crippen molar-refractivity contribution in [3.05, 3.63) is 121 Å². The SMILES string of the molecule is CCO.COCNCNOSc1nc(Nc2cc(S(=O)(=O)OC)ccc2CS(=O)(=O)O)nc(N(C)C)n1.[Cu+2].c1ccc2c(c1)-c1nc-2nc2[n-]c(nc3nc(nc4[n-]c(n1)c1ccccc41)-c1ccccc1-3)c1ccccc21. The van der Waals surface area contributed by atoms with E-state index in [0.717, 1.165) is 75.1 Å². The maximum atomic E-state index is 12.1. The first-order chi connectivity index (χ1) is 37.2. The average Bonchev–Trinajstić information content (AvgIpc) is 4.20. The van der Waals surface area contributed by atoms with Crippen molar-refractivity contribution >= 4 is 94.0 Å². The van der Waals surface area contributed by atoms with Crippen LogP contribution in [0.3, 0.4) is 0 Å². The van der Waals surface area contributed by atoms with E-state index in [9.17, 15) is 21.4 Å². The molecule has 1 radical (unpaired) electrons. The summed E-state index contributed by atoms with van der Waals surface area (Å²) < 4.78 is 71.0. The summed E-state index contributed by atoms with van der Waals surface area (Å²) >= 11 is 0.787. The molecule has 0 spiro atoms. The molecule has 2 aliphatic heterocycles. The van der Waals surface area contributed by atoms with E-state index in [-0.39, 0.29) is 63.5 Å². The molecule has 0 fully saturated rings. The quantitative estimate of drug-likeness (QED) is 0.0154. The number of nitrogens with one attached hydrogen (secondary N) is 3. The van der Waals surface area contributed by atoms with Gasteiger partial charge in [-0.3, -0.25) is 14.1 Å². The van der Waals surface area contributed by atoms with E-state index in [2.05, 4.69) is 35.2 Å². The van der Waals surface area contributed by atoms with Crippen LogP contribution in [-0.4, -0.2) is 120 Å². The van der Waals surface area contributed by atoms with E-state index in [0.29, 0.717) is 52.6 Å². The molecule has 0 unspecified atom stereocenters. The minimum absolute atomic E-state index is 0. The Morgan fingerprint density at radius 2 is 1.08 bits per heavy atom. The maximum Gasteiger partial charge on any atom is 2.00 e. The molecule has 4 aromatic heterocycles. The van der Waals surface area contributed by atoms with E-state index in [1.54, 1.807) is 25.9 Å². The number of rotatable bonds is 14. The third kappa shape index (κ3) is 12.9. The number of hydrogen-bond acceptors (Lipinski definition) is 22. The van der Waals surface area contributed by atoms with Gasteiger partial charge in [-0.1, -0.05) is 103 Å². The van der Waals surface area contributed by atoms with E-state index in [1.807, 2.05) is 97.1 Å². The summed E-state index contributed by atoms with van der Waals surface area (Å²) in [6, 6.07) is 35.4. The smallest absolute Gasteiger partial charge is 0.397 e. The van der Waals surface area contributed by atoms with E-state index < -0.39 is 26.0 Å². The molecular weight excluding hydrogens is 1110 g/mol. The molecule has 5 aromatic carbocycles. The molecule has 24 nitrogen and oxygen atoms in total. The fourth-order valence-corrected chi connectivity index (χ4v) is 9.53. The number of aliphatic hydroxyl groups excluding tert-OH is 1. The van der Waals surface area contributed by atoms with Crippen LogP contribution in [0.2, 0.25) is 0 Å². The summed E-state index contributed by atoms with van der Waals surface area (Å²) in [6.45, 7) is 2.52. The standard InChI is InChI=1S/C32H16N8.C16H25N7O8S3.C2H6O.Cu/c1-2-10-18-17(9-1)25-33-26(18)38-28-21-13-5-6-14-22(21)30(35-28)40-32-24-16-8-7-15-23(24)31(36-32)39-29-20-12-4-3-11-19(20)27(34-29)37-25;1-23(2)15-20-14(21-16(22-15)32-31-18-9-17-10-29-3)19-13-7-12(34(27,28)30-4)6-5-11(13)8-33(24,25)26;1-2-3;/h1-16H;5-7,17-18H,8-10H2,1-4H3,(H,24,25,26)(H,19,20,21,22);3H,2H2,1H3;/q-2;;;+2. The molecule has 6 heterocycles. The Labute approximate surface area is 461 Å². The second-order valence-electron chi connectivity index (χ2n) is 16.6. The summed E-state index contributed by atoms with van der Waals surface area (Å²) in [6.07, 6.45) is 0. The molecular formula is C50H47CuN15O9S3. The van der Waals surface area contributed by atoms with Crippen molar-refractivity contribution in [2.75, 3.05) is 58.5 Å². The first-order valence-electron chi connectivity index (χ1n) is 23.2. The van der Waals surface area contributed by atoms with Crippen LogP contribution in [-0.2, 0) is 56.3 Å². The minimum Gasteiger partial charge on any atom is -0.397 e. The molecule has 11 rings (SSSR count). The summed E-state index contributed by atoms with van der Waals surface area (Å²) in [5.74, 6) is 1.63. The van der Waals surface area contributed by atoms with Crippen molar-refractivity contribution in [1.82, 2.24) is 65.6 Å². The number of methoxy groups -OCH3 is 1. The van der Waals surface area contributed by atoms with Crippen molar-refractivity contribution in [2.24, 2.45) is 0 Å². The van der Waals surface area contributed by atoms with Crippen molar-refractivity contribution in [3.8, 4) is 45.6 Å². The second-order valence-corrected chi connectivity index (χ2v) is 20.4. The van der Waals surface area contributed by atoms with Crippen LogP contribution in [0.25, 0.3) is 89.7 Å². The van der Waals surface area contributed by atoms with Gasteiger partial charge in [-0.05, 0) is 46.2 Å². The third-order valence-corrected chi connectivity index (χ3v) is 13.6. The topological polar surface area (TPSA) is 320 Å². The summed E-state index contributed by atoms with van der Waals surface area (Å²) in [5, 5.41) is 16.9. The van der Waals surface area contributed by atoms with Crippen LogP contribution in [0.15, 0.2) is 125 Å². The maximum absolute atomic E-state index is 12.1. The van der Waals surface area contributed by atoms with Gasteiger partial charge in [0.1, 0.15) is 5.75 Å². The molecule has 9 aromatic rings. The van der Waals surface area contributed by atoms with Gasteiger partial charge in [0.15, 0.2) is 0 Å². The molecule has 2 aliphatic rings. The Kier molecular flexibility index (Phi) is 18.1. The van der Waals surface area contributed by atoms with Crippen molar-refractivity contribution in [2.45, 2.75) is 22.7 Å². The first kappa shape index (κ1) is 56.8. The number of nitrogens with zero attached hydrogens (tertiary/aromatic N) is 12. The van der Waals surface area contributed by atoms with Crippen LogP contribution in [0, 0.1) is 0 Å². The molecule has 0 aliphatic carbocycles. The Morgan fingerprint density at radius 3 is 1.49 bits per heavy atom. The molecule has 78 heavy (non-hydrogen) atoms. The van der Waals surface area contributed by atoms with Crippen molar-refractivity contribution < 1.29 is 56.8 Å². The normalized spacial score (nSPS) is 11.6. The van der Waals surface area contributed by atoms with Crippen molar-refractivity contribution in [1.29, 1.82) is 0 Å². The zero-order chi connectivity index (χ0) is 54.3. The van der Waals surface area contributed by atoms with Crippen LogP contribution in [0.1, 0.15) is 12.5 Å². The Hall–Kier alpha value is -7.44. The van der Waals surface area contributed by atoms with Crippen LogP contribution >= 0.6 is 12.0 Å². The number of aromatic nitrogens is 11. The predicted octanol–water partition coefficient (Wildman–Crippen LogP) is 6.21. The Morgan fingerprint density at radius 1 is 0.628 bits per heavy atom. The number of hydroxylamine groups is 1. The Bertz CT molecular complexity index is 3740. The van der Waals surface area contributed by atoms with E-state index >= 15 is 0 Å². The summed E-state index contributed by atoms with van der Waals surface area (Å²) in [5.41, 5.74) is 8.48. The van der Waals surface area contributed by atoms with Gasteiger partial charge in [-0.15, -0.1) is 0 Å². The number of fused-ring (bicyclic) bond motifs is 20. The predicted molar refractivity (Wildman–Crippen MR) is 290 cm³/mol. The number of aliphatic hydroxyl groups is 1. The minimum atomic E-state index is -4.43. The Balaban J connectivity index is 0.000000197. The van der Waals surface area contributed by atoms with Crippen LogP contribution < -0.4 is 31.0 Å². The van der Waals surface area contributed by atoms with Crippen LogP contribution in [0.4, 0.5) is 17.6 Å². The molecule has 405 valence electrons.